The summed E-state index contributed by atoms with van der Waals surface area (Å²) >= 11 is 0. The molecule has 1 heterocycles. The number of phenols is 1. The second kappa shape index (κ2) is 5.76. The minimum Gasteiger partial charge on any atom is -0.507 e. The first-order valence-corrected chi connectivity index (χ1v) is 7.57. The molecule has 114 valence electrons. The summed E-state index contributed by atoms with van der Waals surface area (Å²) in [5.41, 5.74) is 3.16. The highest BCUT2D eigenvalue weighted by Gasteiger charge is 2.14. The maximum atomic E-state index is 10.2. The van der Waals surface area contributed by atoms with Gasteiger partial charge in [0.05, 0.1) is 5.52 Å². The van der Waals surface area contributed by atoms with Gasteiger partial charge in [0.15, 0.2) is 0 Å². The number of aryl methyl sites for hydroxylation is 1. The Kier molecular flexibility index (Phi) is 3.80. The Morgan fingerprint density at radius 3 is 2.59 bits per heavy atom. The minimum absolute atomic E-state index is 0.306. The summed E-state index contributed by atoms with van der Waals surface area (Å²) in [6, 6.07) is 13.9. The average Bonchev–Trinajstić information content (AvgIpc) is 2.87. The number of aromatic hydroxyl groups is 1. The first-order valence-electron chi connectivity index (χ1n) is 7.57. The highest BCUT2D eigenvalue weighted by atomic mass is 16.5. The van der Waals surface area contributed by atoms with E-state index in [4.69, 9.17) is 4.74 Å². The van der Waals surface area contributed by atoms with Crippen LogP contribution in [0.15, 0.2) is 48.7 Å². The van der Waals surface area contributed by atoms with Crippen molar-refractivity contribution in [3.63, 3.8) is 0 Å². The van der Waals surface area contributed by atoms with Crippen molar-refractivity contribution in [3.05, 3.63) is 59.8 Å². The molecule has 3 rings (SSSR count). The lowest BCUT2D eigenvalue weighted by Crippen LogP contribution is -1.99. The Balaban J connectivity index is 1.99. The zero-order valence-corrected chi connectivity index (χ0v) is 13.2. The van der Waals surface area contributed by atoms with Crippen LogP contribution in [-0.4, -0.2) is 9.67 Å². The third-order valence-electron chi connectivity index (χ3n) is 3.95. The number of aromatic nitrogens is 1. The highest BCUT2D eigenvalue weighted by Crippen LogP contribution is 2.32. The molecule has 0 spiro atoms. The second-order valence-electron chi connectivity index (χ2n) is 5.88. The minimum atomic E-state index is 0.306. The van der Waals surface area contributed by atoms with Gasteiger partial charge >= 0.3 is 0 Å². The van der Waals surface area contributed by atoms with Gasteiger partial charge in [0, 0.05) is 23.2 Å². The Hall–Kier alpha value is -2.42. The molecule has 0 radical (unpaired) electrons. The summed E-state index contributed by atoms with van der Waals surface area (Å²) in [4.78, 5) is 0. The van der Waals surface area contributed by atoms with E-state index in [9.17, 15) is 5.11 Å². The quantitative estimate of drug-likeness (QED) is 0.749. The second-order valence-corrected chi connectivity index (χ2v) is 5.88. The van der Waals surface area contributed by atoms with Crippen molar-refractivity contribution < 1.29 is 9.84 Å². The van der Waals surface area contributed by atoms with Gasteiger partial charge in [-0.1, -0.05) is 24.3 Å². The number of rotatable bonds is 4. The normalized spacial score (nSPS) is 11.3. The number of para-hydroxylation sites is 1. The van der Waals surface area contributed by atoms with Crippen LogP contribution in [0.5, 0.6) is 11.5 Å². The Morgan fingerprint density at radius 1 is 1.09 bits per heavy atom. The standard InChI is InChI=1S/C19H21NO2/c1-13(2)20-11-15(19-16(20)8-6-9-17(19)21)12-22-18-10-5-4-7-14(18)3/h4-11,13,21H,12H2,1-3H3. The van der Waals surface area contributed by atoms with Crippen molar-refractivity contribution in [2.24, 2.45) is 0 Å². The molecule has 0 aliphatic carbocycles. The first kappa shape index (κ1) is 14.5. The fraction of sp³-hybridized carbons (Fsp3) is 0.263. The van der Waals surface area contributed by atoms with Gasteiger partial charge in [-0.05, 0) is 44.5 Å². The van der Waals surface area contributed by atoms with Gasteiger partial charge in [-0.25, -0.2) is 0 Å². The Bertz CT molecular complexity index is 802. The third-order valence-corrected chi connectivity index (χ3v) is 3.95. The van der Waals surface area contributed by atoms with E-state index in [0.717, 1.165) is 27.8 Å². The van der Waals surface area contributed by atoms with E-state index in [2.05, 4.69) is 24.6 Å². The number of phenolic OH excluding ortho intramolecular Hbond substituents is 1. The van der Waals surface area contributed by atoms with E-state index in [1.807, 2.05) is 43.3 Å². The summed E-state index contributed by atoms with van der Waals surface area (Å²) in [5, 5.41) is 11.1. The van der Waals surface area contributed by atoms with E-state index >= 15 is 0 Å². The van der Waals surface area contributed by atoms with Gasteiger partial charge in [-0.15, -0.1) is 0 Å². The van der Waals surface area contributed by atoms with Crippen LogP contribution < -0.4 is 4.74 Å². The van der Waals surface area contributed by atoms with Crippen molar-refractivity contribution in [1.82, 2.24) is 4.57 Å². The van der Waals surface area contributed by atoms with Crippen molar-refractivity contribution in [2.75, 3.05) is 0 Å². The van der Waals surface area contributed by atoms with Crippen LogP contribution in [0.1, 0.15) is 31.0 Å². The van der Waals surface area contributed by atoms with Crippen molar-refractivity contribution in [1.29, 1.82) is 0 Å². The van der Waals surface area contributed by atoms with Crippen molar-refractivity contribution >= 4 is 10.9 Å². The smallest absolute Gasteiger partial charge is 0.125 e. The third kappa shape index (κ3) is 2.54. The van der Waals surface area contributed by atoms with Gasteiger partial charge in [-0.2, -0.15) is 0 Å². The zero-order chi connectivity index (χ0) is 15.7. The van der Waals surface area contributed by atoms with Crippen LogP contribution in [-0.2, 0) is 6.61 Å². The molecule has 0 saturated carbocycles. The number of ether oxygens (including phenoxy) is 1. The van der Waals surface area contributed by atoms with Crippen molar-refractivity contribution in [3.8, 4) is 11.5 Å². The Labute approximate surface area is 130 Å². The molecule has 1 N–H and O–H groups in total. The van der Waals surface area contributed by atoms with Crippen LogP contribution in [0.2, 0.25) is 0 Å². The highest BCUT2D eigenvalue weighted by molar-refractivity contribution is 5.89. The largest absolute Gasteiger partial charge is 0.507 e. The first-order chi connectivity index (χ1) is 10.6. The lowest BCUT2D eigenvalue weighted by Gasteiger charge is -2.08. The summed E-state index contributed by atoms with van der Waals surface area (Å²) in [5.74, 6) is 1.18. The van der Waals surface area contributed by atoms with Gasteiger partial charge < -0.3 is 14.4 Å². The van der Waals surface area contributed by atoms with Crippen LogP contribution >= 0.6 is 0 Å². The van der Waals surface area contributed by atoms with E-state index in [0.29, 0.717) is 18.4 Å². The molecular formula is C19H21NO2. The van der Waals surface area contributed by atoms with Crippen LogP contribution in [0.4, 0.5) is 0 Å². The summed E-state index contributed by atoms with van der Waals surface area (Å²) in [6.07, 6.45) is 2.08. The molecular weight excluding hydrogens is 274 g/mol. The fourth-order valence-corrected chi connectivity index (χ4v) is 2.78. The Morgan fingerprint density at radius 2 is 1.86 bits per heavy atom. The van der Waals surface area contributed by atoms with Gasteiger partial charge in [0.25, 0.3) is 0 Å². The van der Waals surface area contributed by atoms with Gasteiger partial charge in [0.2, 0.25) is 0 Å². The molecule has 1 aromatic heterocycles. The zero-order valence-electron chi connectivity index (χ0n) is 13.2. The predicted molar refractivity (Wildman–Crippen MR) is 89.5 cm³/mol. The molecule has 0 bridgehead atoms. The number of fused-ring (bicyclic) bond motifs is 1. The average molecular weight is 295 g/mol. The molecule has 3 heteroatoms. The predicted octanol–water partition coefficient (Wildman–Crippen LogP) is 4.82. The molecule has 0 saturated heterocycles. The van der Waals surface area contributed by atoms with Gasteiger partial charge in [0.1, 0.15) is 18.1 Å². The molecule has 0 amide bonds. The molecule has 3 aromatic rings. The number of hydrogen-bond acceptors (Lipinski definition) is 2. The molecule has 0 atom stereocenters. The fourth-order valence-electron chi connectivity index (χ4n) is 2.78. The summed E-state index contributed by atoms with van der Waals surface area (Å²) < 4.78 is 8.13. The molecule has 0 fully saturated rings. The van der Waals surface area contributed by atoms with E-state index in [-0.39, 0.29) is 0 Å². The summed E-state index contributed by atoms with van der Waals surface area (Å²) in [7, 11) is 0. The SMILES string of the molecule is Cc1ccccc1OCc1cn(C(C)C)c2cccc(O)c12. The maximum Gasteiger partial charge on any atom is 0.125 e. The monoisotopic (exact) mass is 295 g/mol. The lowest BCUT2D eigenvalue weighted by atomic mass is 10.1. The van der Waals surface area contributed by atoms with E-state index < -0.39 is 0 Å². The number of hydrogen-bond donors (Lipinski definition) is 1. The molecule has 0 aliphatic heterocycles. The number of nitrogens with zero attached hydrogens (tertiary/aromatic N) is 1. The van der Waals surface area contributed by atoms with E-state index in [1.165, 1.54) is 0 Å². The van der Waals surface area contributed by atoms with Gasteiger partial charge in [-0.3, -0.25) is 0 Å². The topological polar surface area (TPSA) is 34.4 Å². The molecule has 0 unspecified atom stereocenters. The maximum absolute atomic E-state index is 10.2. The lowest BCUT2D eigenvalue weighted by molar-refractivity contribution is 0.304. The van der Waals surface area contributed by atoms with Crippen LogP contribution in [0, 0.1) is 6.92 Å². The molecule has 2 aromatic carbocycles. The summed E-state index contributed by atoms with van der Waals surface area (Å²) in [6.45, 7) is 6.74. The molecule has 3 nitrogen and oxygen atoms in total. The van der Waals surface area contributed by atoms with E-state index in [1.54, 1.807) is 6.07 Å². The number of benzene rings is 2. The molecule has 0 aliphatic rings. The van der Waals surface area contributed by atoms with Crippen LogP contribution in [0.3, 0.4) is 0 Å². The van der Waals surface area contributed by atoms with Crippen molar-refractivity contribution in [2.45, 2.75) is 33.4 Å². The van der Waals surface area contributed by atoms with Crippen LogP contribution in [0.25, 0.3) is 10.9 Å². The molecule has 22 heavy (non-hydrogen) atoms.